The Morgan fingerprint density at radius 1 is 1.24 bits per heavy atom. The van der Waals surface area contributed by atoms with Gasteiger partial charge < -0.3 is 14.6 Å². The van der Waals surface area contributed by atoms with Crippen molar-refractivity contribution < 1.29 is 9.53 Å². The molecule has 0 aromatic carbocycles. The van der Waals surface area contributed by atoms with E-state index in [0.717, 1.165) is 37.3 Å². The van der Waals surface area contributed by atoms with Crippen molar-refractivity contribution in [2.24, 2.45) is 0 Å². The summed E-state index contributed by atoms with van der Waals surface area (Å²) in [5.74, 6) is 0.617. The van der Waals surface area contributed by atoms with Gasteiger partial charge in [0.2, 0.25) is 0 Å². The lowest BCUT2D eigenvalue weighted by atomic mass is 9.87. The Hall–Kier alpha value is -2.63. The number of aryl methyl sites for hydroxylation is 1. The third kappa shape index (κ3) is 2.92. The maximum Gasteiger partial charge on any atom is 0.312 e. The summed E-state index contributed by atoms with van der Waals surface area (Å²) in [5.41, 5.74) is 1.94. The normalized spacial score (nSPS) is 20.1. The van der Waals surface area contributed by atoms with E-state index in [9.17, 15) is 9.59 Å². The zero-order chi connectivity index (χ0) is 17.4. The van der Waals surface area contributed by atoms with Crippen molar-refractivity contribution in [1.29, 1.82) is 0 Å². The molecule has 1 atom stereocenters. The van der Waals surface area contributed by atoms with E-state index in [4.69, 9.17) is 4.74 Å². The summed E-state index contributed by atoms with van der Waals surface area (Å²) in [4.78, 5) is 34.4. The number of aromatic nitrogens is 2. The molecular formula is C19H21N3O3. The number of H-pyrrole nitrogens is 1. The lowest BCUT2D eigenvalue weighted by Crippen LogP contribution is -2.33. The highest BCUT2D eigenvalue weighted by Gasteiger charge is 2.34. The number of carbonyl (C=O) groups excluding carboxylic acids is 1. The molecule has 130 valence electrons. The van der Waals surface area contributed by atoms with Gasteiger partial charge in [-0.05, 0) is 32.3 Å². The topological polar surface area (TPSA) is 75.3 Å². The molecule has 0 saturated carbocycles. The minimum atomic E-state index is -0.328. The van der Waals surface area contributed by atoms with Gasteiger partial charge >= 0.3 is 5.97 Å². The van der Waals surface area contributed by atoms with Crippen LogP contribution in [0.4, 0.5) is 5.82 Å². The van der Waals surface area contributed by atoms with E-state index in [2.05, 4.69) is 14.9 Å². The fourth-order valence-electron chi connectivity index (χ4n) is 3.83. The number of anilines is 1. The third-order valence-corrected chi connectivity index (χ3v) is 4.96. The number of fused-ring (bicyclic) bond motifs is 1. The number of aromatic amines is 1. The van der Waals surface area contributed by atoms with Crippen molar-refractivity contribution in [3.8, 4) is 5.75 Å². The number of rotatable bonds is 2. The molecular weight excluding hydrogens is 318 g/mol. The molecule has 1 fully saturated rings. The Kier molecular flexibility index (Phi) is 4.03. The molecule has 0 unspecified atom stereocenters. The van der Waals surface area contributed by atoms with Gasteiger partial charge in [0, 0.05) is 42.5 Å². The van der Waals surface area contributed by atoms with Gasteiger partial charge in [-0.1, -0.05) is 6.07 Å². The van der Waals surface area contributed by atoms with Crippen LogP contribution >= 0.6 is 0 Å². The molecule has 4 rings (SSSR count). The van der Waals surface area contributed by atoms with Crippen molar-refractivity contribution in [2.45, 2.75) is 38.5 Å². The Morgan fingerprint density at radius 3 is 2.84 bits per heavy atom. The van der Waals surface area contributed by atoms with E-state index < -0.39 is 0 Å². The van der Waals surface area contributed by atoms with Gasteiger partial charge in [0.05, 0.1) is 12.0 Å². The van der Waals surface area contributed by atoms with Crippen LogP contribution in [0.5, 0.6) is 5.75 Å². The zero-order valence-corrected chi connectivity index (χ0v) is 14.2. The Balaban J connectivity index is 1.84. The summed E-state index contributed by atoms with van der Waals surface area (Å²) in [6.45, 7) is 3.69. The molecule has 2 aliphatic heterocycles. The minimum absolute atomic E-state index is 0.158. The lowest BCUT2D eigenvalue weighted by Gasteiger charge is -2.32. The first-order valence-electron chi connectivity index (χ1n) is 8.78. The predicted octanol–water partition coefficient (Wildman–Crippen LogP) is 2.51. The van der Waals surface area contributed by atoms with Gasteiger partial charge in [0.1, 0.15) is 11.6 Å². The number of carbonyl (C=O) groups is 1. The highest BCUT2D eigenvalue weighted by Crippen LogP contribution is 2.40. The number of pyridine rings is 2. The largest absolute Gasteiger partial charge is 0.426 e. The van der Waals surface area contributed by atoms with Crippen LogP contribution in [0.25, 0.3) is 0 Å². The standard InChI is InChI=1S/C19H21N3O3/c1-12-10-15-17(19(24)21-12)14(11-16(23)25-15)13-6-5-7-20-18(13)22-8-3-2-4-9-22/h5-7,10,14H,2-4,8-9,11H2,1H3,(H,21,24)/t14-/m0/s1. The van der Waals surface area contributed by atoms with Crippen LogP contribution in [0.3, 0.4) is 0 Å². The van der Waals surface area contributed by atoms with E-state index in [1.54, 1.807) is 19.2 Å². The number of hydrogen-bond acceptors (Lipinski definition) is 5. The number of nitrogens with one attached hydrogen (secondary N) is 1. The Labute approximate surface area is 145 Å². The van der Waals surface area contributed by atoms with Gasteiger partial charge in [0.25, 0.3) is 5.56 Å². The Morgan fingerprint density at radius 2 is 2.04 bits per heavy atom. The molecule has 25 heavy (non-hydrogen) atoms. The van der Waals surface area contributed by atoms with E-state index in [0.29, 0.717) is 17.0 Å². The monoisotopic (exact) mass is 339 g/mol. The van der Waals surface area contributed by atoms with Gasteiger partial charge in [-0.2, -0.15) is 0 Å². The van der Waals surface area contributed by atoms with Gasteiger partial charge in [0.15, 0.2) is 0 Å². The first kappa shape index (κ1) is 15.9. The van der Waals surface area contributed by atoms with Crippen LogP contribution in [-0.4, -0.2) is 29.0 Å². The van der Waals surface area contributed by atoms with Crippen LogP contribution in [-0.2, 0) is 4.79 Å². The molecule has 0 amide bonds. The molecule has 1 N–H and O–H groups in total. The summed E-state index contributed by atoms with van der Waals surface area (Å²) in [6, 6.07) is 5.56. The molecule has 0 spiro atoms. The van der Waals surface area contributed by atoms with Crippen molar-refractivity contribution in [1.82, 2.24) is 9.97 Å². The second-order valence-electron chi connectivity index (χ2n) is 6.75. The van der Waals surface area contributed by atoms with Gasteiger partial charge in [-0.25, -0.2) is 4.98 Å². The SMILES string of the molecule is Cc1cc2c(c(=O)[nH]1)[C@H](c1cccnc1N1CCCCC1)CC(=O)O2. The molecule has 0 bridgehead atoms. The van der Waals surface area contributed by atoms with Crippen LogP contribution in [0, 0.1) is 6.92 Å². The first-order valence-corrected chi connectivity index (χ1v) is 8.78. The van der Waals surface area contributed by atoms with Gasteiger partial charge in [-0.3, -0.25) is 9.59 Å². The second kappa shape index (κ2) is 6.35. The van der Waals surface area contributed by atoms with Crippen LogP contribution in [0.15, 0.2) is 29.2 Å². The molecule has 0 radical (unpaired) electrons. The average molecular weight is 339 g/mol. The highest BCUT2D eigenvalue weighted by molar-refractivity contribution is 5.78. The van der Waals surface area contributed by atoms with Crippen LogP contribution < -0.4 is 15.2 Å². The summed E-state index contributed by atoms with van der Waals surface area (Å²) in [5, 5.41) is 0. The summed E-state index contributed by atoms with van der Waals surface area (Å²) in [6.07, 6.45) is 5.44. The quantitative estimate of drug-likeness (QED) is 0.851. The highest BCUT2D eigenvalue weighted by atomic mass is 16.5. The molecule has 4 heterocycles. The van der Waals surface area contributed by atoms with Crippen LogP contribution in [0.2, 0.25) is 0 Å². The van der Waals surface area contributed by atoms with E-state index >= 15 is 0 Å². The van der Waals surface area contributed by atoms with E-state index in [1.165, 1.54) is 6.42 Å². The average Bonchev–Trinajstić information content (AvgIpc) is 2.61. The van der Waals surface area contributed by atoms with Crippen molar-refractivity contribution >= 4 is 11.8 Å². The Bertz CT molecular complexity index is 868. The van der Waals surface area contributed by atoms with Crippen LogP contribution in [0.1, 0.15) is 48.4 Å². The molecule has 2 aromatic heterocycles. The molecule has 6 nitrogen and oxygen atoms in total. The summed E-state index contributed by atoms with van der Waals surface area (Å²) < 4.78 is 5.34. The predicted molar refractivity (Wildman–Crippen MR) is 94.2 cm³/mol. The number of esters is 1. The fraction of sp³-hybridized carbons (Fsp3) is 0.421. The number of nitrogens with zero attached hydrogens (tertiary/aromatic N) is 2. The van der Waals surface area contributed by atoms with Crippen molar-refractivity contribution in [3.05, 3.63) is 51.6 Å². The maximum absolute atomic E-state index is 12.6. The molecule has 0 aliphatic carbocycles. The number of piperidine rings is 1. The summed E-state index contributed by atoms with van der Waals surface area (Å²) >= 11 is 0. The van der Waals surface area contributed by atoms with Crippen molar-refractivity contribution in [2.75, 3.05) is 18.0 Å². The molecule has 1 saturated heterocycles. The lowest BCUT2D eigenvalue weighted by molar-refractivity contribution is -0.135. The molecule has 2 aromatic rings. The fourth-order valence-corrected chi connectivity index (χ4v) is 3.83. The minimum Gasteiger partial charge on any atom is -0.426 e. The zero-order valence-electron chi connectivity index (χ0n) is 14.2. The van der Waals surface area contributed by atoms with Crippen molar-refractivity contribution in [3.63, 3.8) is 0 Å². The number of ether oxygens (including phenoxy) is 1. The first-order chi connectivity index (χ1) is 12.1. The second-order valence-corrected chi connectivity index (χ2v) is 6.75. The van der Waals surface area contributed by atoms with E-state index in [-0.39, 0.29) is 23.9 Å². The smallest absolute Gasteiger partial charge is 0.312 e. The molecule has 2 aliphatic rings. The molecule has 6 heteroatoms. The number of hydrogen-bond donors (Lipinski definition) is 1. The third-order valence-electron chi connectivity index (χ3n) is 4.96. The summed E-state index contributed by atoms with van der Waals surface area (Å²) in [7, 11) is 0. The maximum atomic E-state index is 12.6. The van der Waals surface area contributed by atoms with Gasteiger partial charge in [-0.15, -0.1) is 0 Å². The van der Waals surface area contributed by atoms with E-state index in [1.807, 2.05) is 12.1 Å².